The molecule has 1 aromatic heterocycles. The minimum absolute atomic E-state index is 0.0581. The van der Waals surface area contributed by atoms with Crippen molar-refractivity contribution < 1.29 is 9.59 Å². The van der Waals surface area contributed by atoms with Crippen LogP contribution in [0.1, 0.15) is 46.5 Å². The Kier molecular flexibility index (Phi) is 6.72. The molecule has 8 heteroatoms. The Balaban J connectivity index is 1.25. The second-order valence-electron chi connectivity index (χ2n) is 9.15. The molecule has 0 unspecified atom stereocenters. The summed E-state index contributed by atoms with van der Waals surface area (Å²) in [6, 6.07) is 17.0. The first-order valence-electron chi connectivity index (χ1n) is 12.2. The molecule has 180 valence electrons. The van der Waals surface area contributed by atoms with E-state index in [2.05, 4.69) is 20.2 Å². The summed E-state index contributed by atoms with van der Waals surface area (Å²) < 4.78 is 0. The van der Waals surface area contributed by atoms with Gasteiger partial charge in [0.05, 0.1) is 11.9 Å². The molecule has 2 aliphatic heterocycles. The highest BCUT2D eigenvalue weighted by molar-refractivity contribution is 6.06. The number of anilines is 2. The topological polar surface area (TPSA) is 104 Å². The van der Waals surface area contributed by atoms with Crippen LogP contribution in [0.2, 0.25) is 0 Å². The van der Waals surface area contributed by atoms with Crippen molar-refractivity contribution in [3.05, 3.63) is 72.1 Å². The van der Waals surface area contributed by atoms with Crippen LogP contribution in [0.5, 0.6) is 0 Å². The zero-order valence-corrected chi connectivity index (χ0v) is 19.7. The number of hydrogen-bond acceptors (Lipinski definition) is 6. The van der Waals surface area contributed by atoms with Gasteiger partial charge in [-0.2, -0.15) is 0 Å². The predicted octanol–water partition coefficient (Wildman–Crippen LogP) is 3.68. The number of carbonyl (C=O) groups excluding carboxylic acids is 2. The number of nitrogens with one attached hydrogen (secondary N) is 1. The molecule has 3 N–H and O–H groups in total. The predicted molar refractivity (Wildman–Crippen MR) is 136 cm³/mol. The van der Waals surface area contributed by atoms with E-state index in [0.717, 1.165) is 31.5 Å². The fraction of sp³-hybridized carbons (Fsp3) is 0.333. The van der Waals surface area contributed by atoms with Gasteiger partial charge in [-0.1, -0.05) is 30.3 Å². The molecule has 5 rings (SSSR count). The lowest BCUT2D eigenvalue weighted by molar-refractivity contribution is 0.0644. The van der Waals surface area contributed by atoms with Gasteiger partial charge in [-0.3, -0.25) is 9.59 Å². The SMILES string of the molecule is Nc1ncc(-c2ccc(C(=O)N3CCC(N4CCCC4)CC3)cc2)nc1C(=O)Nc1ccccc1. The number of benzene rings is 2. The van der Waals surface area contributed by atoms with E-state index in [1.165, 1.54) is 32.1 Å². The van der Waals surface area contributed by atoms with Crippen LogP contribution < -0.4 is 11.1 Å². The molecule has 0 atom stereocenters. The summed E-state index contributed by atoms with van der Waals surface area (Å²) in [4.78, 5) is 38.9. The molecule has 2 fully saturated rings. The number of nitrogens with zero attached hydrogens (tertiary/aromatic N) is 4. The minimum Gasteiger partial charge on any atom is -0.382 e. The summed E-state index contributed by atoms with van der Waals surface area (Å²) in [5.74, 6) is -0.304. The van der Waals surface area contributed by atoms with Gasteiger partial charge in [-0.05, 0) is 63.0 Å². The standard InChI is InChI=1S/C27H30N6O2/c28-25-24(26(34)30-21-6-2-1-3-7-21)31-23(18-29-25)19-8-10-20(11-9-19)27(35)33-16-12-22(13-17-33)32-14-4-5-15-32/h1-3,6-11,18,22H,4-5,12-17H2,(H2,28,29)(H,30,34). The van der Waals surface area contributed by atoms with Gasteiger partial charge < -0.3 is 20.9 Å². The highest BCUT2D eigenvalue weighted by atomic mass is 16.2. The van der Waals surface area contributed by atoms with Crippen LogP contribution in [0.25, 0.3) is 11.3 Å². The molecule has 2 amide bonds. The summed E-state index contributed by atoms with van der Waals surface area (Å²) in [7, 11) is 0. The fourth-order valence-electron chi connectivity index (χ4n) is 4.92. The third-order valence-electron chi connectivity index (χ3n) is 6.88. The molecule has 2 aliphatic rings. The van der Waals surface area contributed by atoms with Crippen LogP contribution >= 0.6 is 0 Å². The van der Waals surface area contributed by atoms with Crippen molar-refractivity contribution in [2.24, 2.45) is 0 Å². The lowest BCUT2D eigenvalue weighted by Crippen LogP contribution is -2.45. The number of aromatic nitrogens is 2. The zero-order valence-electron chi connectivity index (χ0n) is 19.7. The van der Waals surface area contributed by atoms with E-state index in [0.29, 0.717) is 23.0 Å². The molecule has 0 aliphatic carbocycles. The quantitative estimate of drug-likeness (QED) is 0.590. The van der Waals surface area contributed by atoms with E-state index in [-0.39, 0.29) is 17.4 Å². The maximum Gasteiger partial charge on any atom is 0.278 e. The van der Waals surface area contributed by atoms with E-state index < -0.39 is 5.91 Å². The number of nitrogen functional groups attached to an aromatic ring is 1. The van der Waals surface area contributed by atoms with Crippen LogP contribution in [-0.2, 0) is 0 Å². The van der Waals surface area contributed by atoms with Crippen LogP contribution in [0.15, 0.2) is 60.8 Å². The van der Waals surface area contributed by atoms with Crippen molar-refractivity contribution in [2.45, 2.75) is 31.7 Å². The second-order valence-corrected chi connectivity index (χ2v) is 9.15. The molecule has 35 heavy (non-hydrogen) atoms. The molecule has 8 nitrogen and oxygen atoms in total. The monoisotopic (exact) mass is 470 g/mol. The van der Waals surface area contributed by atoms with Gasteiger partial charge in [0.2, 0.25) is 0 Å². The lowest BCUT2D eigenvalue weighted by Gasteiger charge is -2.36. The maximum atomic E-state index is 13.1. The van der Waals surface area contributed by atoms with E-state index >= 15 is 0 Å². The van der Waals surface area contributed by atoms with Gasteiger partial charge in [0.15, 0.2) is 11.5 Å². The van der Waals surface area contributed by atoms with Crippen molar-refractivity contribution in [3.8, 4) is 11.3 Å². The number of rotatable bonds is 5. The summed E-state index contributed by atoms with van der Waals surface area (Å²) in [5.41, 5.74) is 8.57. The molecular formula is C27H30N6O2. The Hall–Kier alpha value is -3.78. The minimum atomic E-state index is -0.424. The molecule has 2 aromatic carbocycles. The number of amides is 2. The summed E-state index contributed by atoms with van der Waals surface area (Å²) in [5, 5.41) is 2.78. The smallest absolute Gasteiger partial charge is 0.278 e. The molecule has 0 saturated carbocycles. The number of carbonyl (C=O) groups is 2. The number of likely N-dealkylation sites (tertiary alicyclic amines) is 2. The van der Waals surface area contributed by atoms with Crippen molar-refractivity contribution in [2.75, 3.05) is 37.2 Å². The van der Waals surface area contributed by atoms with E-state index in [9.17, 15) is 9.59 Å². The van der Waals surface area contributed by atoms with Crippen molar-refractivity contribution in [3.63, 3.8) is 0 Å². The van der Waals surface area contributed by atoms with Crippen molar-refractivity contribution >= 4 is 23.3 Å². The number of piperidine rings is 1. The maximum absolute atomic E-state index is 13.1. The van der Waals surface area contributed by atoms with Crippen molar-refractivity contribution in [1.82, 2.24) is 19.8 Å². The number of para-hydroxylation sites is 1. The van der Waals surface area contributed by atoms with Crippen LogP contribution in [-0.4, -0.2) is 63.8 Å². The molecule has 2 saturated heterocycles. The number of hydrogen-bond donors (Lipinski definition) is 2. The van der Waals surface area contributed by atoms with E-state index in [4.69, 9.17) is 5.73 Å². The molecule has 0 spiro atoms. The van der Waals surface area contributed by atoms with Crippen molar-refractivity contribution in [1.29, 1.82) is 0 Å². The third kappa shape index (κ3) is 5.17. The fourth-order valence-corrected chi connectivity index (χ4v) is 4.92. The Morgan fingerprint density at radius 3 is 2.29 bits per heavy atom. The second kappa shape index (κ2) is 10.2. The van der Waals surface area contributed by atoms with Gasteiger partial charge >= 0.3 is 0 Å². The Morgan fingerprint density at radius 1 is 0.914 bits per heavy atom. The zero-order chi connectivity index (χ0) is 24.2. The van der Waals surface area contributed by atoms with Gasteiger partial charge in [-0.15, -0.1) is 0 Å². The summed E-state index contributed by atoms with van der Waals surface area (Å²) in [6.07, 6.45) is 6.21. The third-order valence-corrected chi connectivity index (χ3v) is 6.88. The average molecular weight is 471 g/mol. The Bertz CT molecular complexity index is 1180. The van der Waals surface area contributed by atoms with Crippen LogP contribution in [0.3, 0.4) is 0 Å². The summed E-state index contributed by atoms with van der Waals surface area (Å²) in [6.45, 7) is 3.99. The van der Waals surface area contributed by atoms with Gasteiger partial charge in [0.1, 0.15) is 0 Å². The Labute approximate surface area is 205 Å². The van der Waals surface area contributed by atoms with Gasteiger partial charge in [0, 0.05) is 35.9 Å². The van der Waals surface area contributed by atoms with Crippen LogP contribution in [0.4, 0.5) is 11.5 Å². The van der Waals surface area contributed by atoms with E-state index in [1.54, 1.807) is 12.1 Å². The highest BCUT2D eigenvalue weighted by Gasteiger charge is 2.28. The first kappa shape index (κ1) is 23.0. The normalized spacial score (nSPS) is 16.9. The molecule has 0 bridgehead atoms. The Morgan fingerprint density at radius 2 is 1.60 bits per heavy atom. The highest BCUT2D eigenvalue weighted by Crippen LogP contribution is 2.24. The van der Waals surface area contributed by atoms with Gasteiger partial charge in [0.25, 0.3) is 11.8 Å². The largest absolute Gasteiger partial charge is 0.382 e. The average Bonchev–Trinajstić information content (AvgIpc) is 3.44. The number of nitrogens with two attached hydrogens (primary N) is 1. The molecular weight excluding hydrogens is 440 g/mol. The van der Waals surface area contributed by atoms with Gasteiger partial charge in [-0.25, -0.2) is 9.97 Å². The molecule has 3 heterocycles. The molecule has 0 radical (unpaired) electrons. The van der Waals surface area contributed by atoms with E-state index in [1.807, 2.05) is 47.4 Å². The first-order chi connectivity index (χ1) is 17.1. The van der Waals surface area contributed by atoms with Crippen LogP contribution in [0, 0.1) is 0 Å². The lowest BCUT2D eigenvalue weighted by atomic mass is 10.0. The summed E-state index contributed by atoms with van der Waals surface area (Å²) >= 11 is 0. The molecule has 3 aromatic rings. The first-order valence-corrected chi connectivity index (χ1v) is 12.2.